The lowest BCUT2D eigenvalue weighted by atomic mass is 10.2. The number of hydrogen-bond donors (Lipinski definition) is 3. The zero-order valence-corrected chi connectivity index (χ0v) is 12.9. The molecule has 0 atom stereocenters. The van der Waals surface area contributed by atoms with Crippen molar-refractivity contribution < 1.29 is 5.11 Å². The van der Waals surface area contributed by atoms with Crippen molar-refractivity contribution in [2.45, 2.75) is 25.9 Å². The molecule has 2 bridgehead atoms. The van der Waals surface area contributed by atoms with E-state index in [-0.39, 0.29) is 23.9 Å². The Kier molecular flexibility index (Phi) is 3.33. The summed E-state index contributed by atoms with van der Waals surface area (Å²) in [4.78, 5) is 24.8. The molecule has 0 aromatic carbocycles. The first-order valence-electron chi connectivity index (χ1n) is 7.79. The van der Waals surface area contributed by atoms with Crippen LogP contribution in [-0.2, 0) is 13.1 Å². The third kappa shape index (κ3) is 2.34. The van der Waals surface area contributed by atoms with Gasteiger partial charge in [-0.3, -0.25) is 9.36 Å². The van der Waals surface area contributed by atoms with Gasteiger partial charge >= 0.3 is 0 Å². The lowest BCUT2D eigenvalue weighted by molar-refractivity contribution is 0.405. The van der Waals surface area contributed by atoms with Gasteiger partial charge in [0.2, 0.25) is 5.95 Å². The number of hydrogen-bond acceptors (Lipinski definition) is 7. The van der Waals surface area contributed by atoms with Crippen LogP contribution in [0.25, 0.3) is 11.2 Å². The summed E-state index contributed by atoms with van der Waals surface area (Å²) in [5.41, 5.74) is 7.45. The smallest absolute Gasteiger partial charge is 0.296 e. The van der Waals surface area contributed by atoms with Crippen molar-refractivity contribution in [2.24, 2.45) is 0 Å². The van der Waals surface area contributed by atoms with Crippen molar-refractivity contribution in [3.05, 3.63) is 34.2 Å². The van der Waals surface area contributed by atoms with Crippen LogP contribution in [0.5, 0.6) is 6.01 Å². The second-order valence-corrected chi connectivity index (χ2v) is 5.74. The van der Waals surface area contributed by atoms with Gasteiger partial charge in [-0.05, 0) is 18.9 Å². The molecule has 124 valence electrons. The average Bonchev–Trinajstić information content (AvgIpc) is 2.85. The molecule has 0 saturated heterocycles. The second kappa shape index (κ2) is 5.52. The Labute approximate surface area is 136 Å². The van der Waals surface area contributed by atoms with Crippen molar-refractivity contribution in [1.82, 2.24) is 24.1 Å². The van der Waals surface area contributed by atoms with Crippen LogP contribution in [0.3, 0.4) is 0 Å². The molecule has 0 spiro atoms. The third-order valence-electron chi connectivity index (χ3n) is 4.15. The summed E-state index contributed by atoms with van der Waals surface area (Å²) in [5.74, 6) is 0.617. The van der Waals surface area contributed by atoms with Crippen LogP contribution < -0.4 is 16.6 Å². The summed E-state index contributed by atoms with van der Waals surface area (Å²) in [6, 6.07) is 4.91. The van der Waals surface area contributed by atoms with Gasteiger partial charge in [-0.2, -0.15) is 15.0 Å². The van der Waals surface area contributed by atoms with Crippen LogP contribution in [0.1, 0.15) is 18.5 Å². The molecule has 0 aliphatic carbocycles. The van der Waals surface area contributed by atoms with E-state index in [0.717, 1.165) is 18.5 Å². The molecule has 9 nitrogen and oxygen atoms in total. The number of nitrogens with one attached hydrogen (secondary N) is 1. The highest BCUT2D eigenvalue weighted by atomic mass is 16.3. The SMILES string of the molecule is Nc1nc2nc3c1nc(O)n3Cc1cccc(=O)n1CCCCN2. The van der Waals surface area contributed by atoms with E-state index >= 15 is 0 Å². The normalized spacial score (nSPS) is 14.7. The fourth-order valence-corrected chi connectivity index (χ4v) is 2.95. The molecule has 4 heterocycles. The fraction of sp³-hybridized carbons (Fsp3) is 0.333. The third-order valence-corrected chi connectivity index (χ3v) is 4.15. The predicted molar refractivity (Wildman–Crippen MR) is 88.9 cm³/mol. The molecular weight excluding hydrogens is 310 g/mol. The maximum atomic E-state index is 12.2. The lowest BCUT2D eigenvalue weighted by Gasteiger charge is -2.15. The molecule has 3 aromatic heterocycles. The largest absolute Gasteiger partial charge is 0.480 e. The summed E-state index contributed by atoms with van der Waals surface area (Å²) in [5, 5.41) is 13.3. The number of nitrogens with two attached hydrogens (primary N) is 1. The Hall–Kier alpha value is -3.10. The molecule has 4 rings (SSSR count). The Bertz CT molecular complexity index is 976. The number of rotatable bonds is 0. The van der Waals surface area contributed by atoms with Crippen molar-refractivity contribution in [1.29, 1.82) is 0 Å². The van der Waals surface area contributed by atoms with Crippen LogP contribution in [-0.4, -0.2) is 35.7 Å². The number of nitrogens with zero attached hydrogens (tertiary/aromatic N) is 5. The summed E-state index contributed by atoms with van der Waals surface area (Å²) in [7, 11) is 0. The van der Waals surface area contributed by atoms with Crippen LogP contribution in [0.15, 0.2) is 23.0 Å². The molecule has 0 radical (unpaired) electrons. The first kappa shape index (κ1) is 14.5. The minimum atomic E-state index is -0.205. The van der Waals surface area contributed by atoms with Crippen LogP contribution >= 0.6 is 0 Å². The lowest BCUT2D eigenvalue weighted by Crippen LogP contribution is -2.24. The van der Waals surface area contributed by atoms with Gasteiger partial charge < -0.3 is 20.7 Å². The van der Waals surface area contributed by atoms with Gasteiger partial charge in [-0.25, -0.2) is 0 Å². The number of aromatic nitrogens is 5. The zero-order chi connectivity index (χ0) is 16.7. The molecule has 3 aromatic rings. The molecule has 0 unspecified atom stereocenters. The van der Waals surface area contributed by atoms with Crippen LogP contribution in [0.4, 0.5) is 11.8 Å². The Morgan fingerprint density at radius 2 is 2.04 bits per heavy atom. The minimum Gasteiger partial charge on any atom is -0.480 e. The Morgan fingerprint density at radius 3 is 2.92 bits per heavy atom. The number of anilines is 2. The van der Waals surface area contributed by atoms with Gasteiger partial charge in [0.15, 0.2) is 17.0 Å². The molecular formula is C15H17N7O2. The molecule has 0 saturated carbocycles. The predicted octanol–water partition coefficient (Wildman–Crippen LogP) is 0.530. The summed E-state index contributed by atoms with van der Waals surface area (Å²) >= 11 is 0. The van der Waals surface area contributed by atoms with E-state index < -0.39 is 0 Å². The quantitative estimate of drug-likeness (QED) is 0.550. The van der Waals surface area contributed by atoms with E-state index in [0.29, 0.717) is 30.2 Å². The van der Waals surface area contributed by atoms with Crippen molar-refractivity contribution in [3.63, 3.8) is 0 Å². The number of imidazole rings is 1. The number of fused-ring (bicyclic) bond motifs is 2. The molecule has 1 aliphatic heterocycles. The standard InChI is InChI=1S/C15H17N7O2/c16-12-11-13-20-14(19-12)17-6-1-2-7-21-9(4-3-5-10(21)23)8-22(13)15(24)18-11/h3-5H,1-2,6-8H2,(H,18,24)(H3,16,17,19,20). The van der Waals surface area contributed by atoms with E-state index in [2.05, 4.69) is 20.3 Å². The summed E-state index contributed by atoms with van der Waals surface area (Å²) in [6.45, 7) is 1.56. The highest BCUT2D eigenvalue weighted by Gasteiger charge is 2.18. The molecule has 9 heteroatoms. The highest BCUT2D eigenvalue weighted by molar-refractivity contribution is 5.84. The molecule has 24 heavy (non-hydrogen) atoms. The van der Waals surface area contributed by atoms with Gasteiger partial charge in [0.1, 0.15) is 0 Å². The first-order valence-corrected chi connectivity index (χ1v) is 7.79. The van der Waals surface area contributed by atoms with Gasteiger partial charge in [0, 0.05) is 24.8 Å². The second-order valence-electron chi connectivity index (χ2n) is 5.74. The maximum Gasteiger partial charge on any atom is 0.296 e. The molecule has 1 aliphatic rings. The maximum absolute atomic E-state index is 12.2. The average molecular weight is 327 g/mol. The van der Waals surface area contributed by atoms with E-state index in [4.69, 9.17) is 5.73 Å². The van der Waals surface area contributed by atoms with E-state index in [9.17, 15) is 9.90 Å². The molecule has 0 fully saturated rings. The summed E-state index contributed by atoms with van der Waals surface area (Å²) < 4.78 is 3.25. The Balaban J connectivity index is 1.95. The Morgan fingerprint density at radius 1 is 1.17 bits per heavy atom. The monoisotopic (exact) mass is 327 g/mol. The van der Waals surface area contributed by atoms with Crippen LogP contribution in [0.2, 0.25) is 0 Å². The zero-order valence-electron chi connectivity index (χ0n) is 12.9. The van der Waals surface area contributed by atoms with Gasteiger partial charge in [0.05, 0.1) is 6.54 Å². The first-order chi connectivity index (χ1) is 11.6. The van der Waals surface area contributed by atoms with Gasteiger partial charge in [-0.1, -0.05) is 6.07 Å². The number of aromatic hydroxyl groups is 1. The topological polar surface area (TPSA) is 124 Å². The summed E-state index contributed by atoms with van der Waals surface area (Å²) in [6.07, 6.45) is 1.71. The number of pyridine rings is 1. The fourth-order valence-electron chi connectivity index (χ4n) is 2.95. The van der Waals surface area contributed by atoms with Gasteiger partial charge in [-0.15, -0.1) is 0 Å². The van der Waals surface area contributed by atoms with Crippen molar-refractivity contribution in [2.75, 3.05) is 17.6 Å². The van der Waals surface area contributed by atoms with E-state index in [1.807, 2.05) is 6.07 Å². The van der Waals surface area contributed by atoms with Gasteiger partial charge in [0.25, 0.3) is 11.6 Å². The highest BCUT2D eigenvalue weighted by Crippen LogP contribution is 2.25. The van der Waals surface area contributed by atoms with E-state index in [1.54, 1.807) is 10.6 Å². The number of nitrogen functional groups attached to an aromatic ring is 1. The molecule has 0 amide bonds. The molecule has 4 N–H and O–H groups in total. The van der Waals surface area contributed by atoms with E-state index in [1.165, 1.54) is 10.6 Å². The van der Waals surface area contributed by atoms with Crippen molar-refractivity contribution >= 4 is 22.9 Å². The van der Waals surface area contributed by atoms with Crippen LogP contribution in [0, 0.1) is 0 Å². The van der Waals surface area contributed by atoms with Crippen molar-refractivity contribution in [3.8, 4) is 6.01 Å². The minimum absolute atomic E-state index is 0.0590.